The van der Waals surface area contributed by atoms with Gasteiger partial charge in [-0.15, -0.1) is 15.3 Å². The standard InChI is InChI=1S/2C25H20ClN3O6S.Ba/c2*1-14-10-20(26)23(21(11-14)36(32,33)34)29-28-22-18-9-4-3-6-15(18)12-19(24(22)30)25(31)27-16-7-5-8-17(13-16)35-2;/h2*3-13,30H,1-2H3,(H,27,31)(H,32,33,34);/q;;+2/p-2. The molecule has 0 spiro atoms. The van der Waals surface area contributed by atoms with Crippen LogP contribution in [0.1, 0.15) is 27.0 Å². The van der Waals surface area contributed by atoms with E-state index >= 15 is 0 Å². The molecular formula is C50H38BaCl2N6O12S2. The number of hydrogen-bond donors (Lipinski definition) is 4. The minimum absolute atomic E-state index is 0. The summed E-state index contributed by atoms with van der Waals surface area (Å²) < 4.78 is 77.1. The number of aryl methyl sites for hydroxylation is 2. The van der Waals surface area contributed by atoms with Crippen LogP contribution in [0.25, 0.3) is 21.5 Å². The predicted molar refractivity (Wildman–Crippen MR) is 275 cm³/mol. The summed E-state index contributed by atoms with van der Waals surface area (Å²) in [4.78, 5) is 16.0. The summed E-state index contributed by atoms with van der Waals surface area (Å²) in [6.45, 7) is 3.19. The van der Waals surface area contributed by atoms with Crippen molar-refractivity contribution >= 4 is 160 Å². The van der Waals surface area contributed by atoms with Crippen LogP contribution in [-0.4, -0.2) is 106 Å². The van der Waals surface area contributed by atoms with E-state index in [9.17, 15) is 46.1 Å². The van der Waals surface area contributed by atoms with Gasteiger partial charge in [0.25, 0.3) is 26.1 Å². The van der Waals surface area contributed by atoms with Gasteiger partial charge in [-0.2, -0.15) is 21.9 Å². The number of phenolic OH excluding ortho intramolecular Hbond substituents is 1. The molecule has 8 rings (SSSR count). The number of aromatic hydroxyl groups is 1. The van der Waals surface area contributed by atoms with Gasteiger partial charge < -0.3 is 30.1 Å². The number of nitrogens with one attached hydrogen (secondary N) is 1. The summed E-state index contributed by atoms with van der Waals surface area (Å²) in [7, 11) is -6.39. The summed E-state index contributed by atoms with van der Waals surface area (Å²) in [6.07, 6.45) is 0. The maximum Gasteiger partial charge on any atom is 2.00 e. The Kier molecular flexibility index (Phi) is 18.1. The SMILES string of the molecule is COc1cccc(N=C([O-])c2cc3ccccc3c(N=Nc3c(Cl)cc(C)cc3S(=O)(=O)O)c2[O-])c1.COc1cccc(NC(=O)c2cc3ccccc3c(N=Nc3c(Cl)cc(C)cc3S(=O)(=O)O)c2O)c1.[Ba+2]. The molecule has 73 heavy (non-hydrogen) atoms. The van der Waals surface area contributed by atoms with E-state index in [2.05, 4.69) is 30.8 Å². The van der Waals surface area contributed by atoms with Gasteiger partial charge in [0.1, 0.15) is 38.4 Å². The van der Waals surface area contributed by atoms with Crippen molar-refractivity contribution in [2.24, 2.45) is 25.4 Å². The molecule has 368 valence electrons. The van der Waals surface area contributed by atoms with Crippen molar-refractivity contribution in [2.75, 3.05) is 19.5 Å². The average Bonchev–Trinajstić information content (AvgIpc) is 3.33. The van der Waals surface area contributed by atoms with Gasteiger partial charge in [0.15, 0.2) is 5.75 Å². The number of anilines is 1. The molecule has 23 heteroatoms. The molecule has 0 unspecified atom stereocenters. The fourth-order valence-corrected chi connectivity index (χ4v) is 9.30. The Balaban J connectivity index is 0.000000235. The summed E-state index contributed by atoms with van der Waals surface area (Å²) in [5.41, 5.74) is 0.400. The van der Waals surface area contributed by atoms with Crippen molar-refractivity contribution in [3.63, 3.8) is 0 Å². The smallest absolute Gasteiger partial charge is 0.871 e. The first-order valence-corrected chi connectivity index (χ1v) is 24.5. The molecule has 0 saturated carbocycles. The normalized spacial score (nSPS) is 11.9. The minimum atomic E-state index is -4.69. The molecule has 8 aromatic rings. The Hall–Kier alpha value is -6.41. The molecule has 18 nitrogen and oxygen atoms in total. The monoisotopic (exact) mass is 1190 g/mol. The maximum atomic E-state index is 13.3. The second kappa shape index (κ2) is 23.6. The van der Waals surface area contributed by atoms with Crippen LogP contribution in [0.15, 0.2) is 169 Å². The van der Waals surface area contributed by atoms with Crippen molar-refractivity contribution < 1.29 is 55.5 Å². The number of aliphatic imine (C=N–C) groups is 1. The third-order valence-corrected chi connectivity index (χ3v) is 12.8. The maximum absolute atomic E-state index is 13.3. The zero-order valence-electron chi connectivity index (χ0n) is 38.7. The van der Waals surface area contributed by atoms with Crippen molar-refractivity contribution in [3.05, 3.63) is 166 Å². The number of carbonyl (C=O) groups is 1. The number of methoxy groups -OCH3 is 2. The molecule has 0 atom stereocenters. The number of phenols is 1. The van der Waals surface area contributed by atoms with Gasteiger partial charge in [-0.1, -0.05) is 89.6 Å². The van der Waals surface area contributed by atoms with Gasteiger partial charge in [0, 0.05) is 28.6 Å². The zero-order valence-corrected chi connectivity index (χ0v) is 46.3. The first-order chi connectivity index (χ1) is 34.2. The van der Waals surface area contributed by atoms with Crippen LogP contribution >= 0.6 is 23.2 Å². The van der Waals surface area contributed by atoms with Gasteiger partial charge in [0.2, 0.25) is 0 Å². The average molecular weight is 1190 g/mol. The van der Waals surface area contributed by atoms with E-state index < -0.39 is 53.3 Å². The second-order valence-electron chi connectivity index (χ2n) is 15.5. The Morgan fingerprint density at radius 1 is 0.603 bits per heavy atom. The fourth-order valence-electron chi connectivity index (χ4n) is 7.11. The van der Waals surface area contributed by atoms with Crippen molar-refractivity contribution in [2.45, 2.75) is 23.6 Å². The third kappa shape index (κ3) is 13.2. The van der Waals surface area contributed by atoms with E-state index in [0.717, 1.165) is 0 Å². The van der Waals surface area contributed by atoms with Crippen LogP contribution in [0.2, 0.25) is 10.0 Å². The first-order valence-electron chi connectivity index (χ1n) is 20.9. The van der Waals surface area contributed by atoms with Gasteiger partial charge >= 0.3 is 48.9 Å². The molecular weight excluding hydrogens is 1150 g/mol. The van der Waals surface area contributed by atoms with Crippen LogP contribution in [0.4, 0.5) is 34.1 Å². The molecule has 1 amide bonds. The molecule has 0 radical (unpaired) electrons. The van der Waals surface area contributed by atoms with Gasteiger partial charge in [-0.05, 0) is 108 Å². The Morgan fingerprint density at radius 3 is 1.60 bits per heavy atom. The molecule has 0 aliphatic heterocycles. The second-order valence-corrected chi connectivity index (χ2v) is 19.1. The molecule has 0 fully saturated rings. The number of fused-ring (bicyclic) bond motifs is 2. The number of benzene rings is 8. The summed E-state index contributed by atoms with van der Waals surface area (Å²) >= 11 is 12.4. The number of rotatable bonds is 12. The number of azo groups is 2. The van der Waals surface area contributed by atoms with Crippen LogP contribution in [-0.2, 0) is 20.2 Å². The molecule has 8 aromatic carbocycles. The Labute approximate surface area is 468 Å². The van der Waals surface area contributed by atoms with Gasteiger partial charge in [-0.25, -0.2) is 0 Å². The summed E-state index contributed by atoms with van der Waals surface area (Å²) in [5.74, 6) is -1.63. The van der Waals surface area contributed by atoms with Crippen molar-refractivity contribution in [1.29, 1.82) is 0 Å². The molecule has 4 N–H and O–H groups in total. The number of amides is 1. The van der Waals surface area contributed by atoms with E-state index in [1.165, 1.54) is 50.6 Å². The molecule has 0 aliphatic rings. The Bertz CT molecular complexity index is 3790. The predicted octanol–water partition coefficient (Wildman–Crippen LogP) is 11.0. The topological polar surface area (TPSA) is 284 Å². The van der Waals surface area contributed by atoms with E-state index in [4.69, 9.17) is 32.7 Å². The van der Waals surface area contributed by atoms with Crippen LogP contribution in [0, 0.1) is 13.8 Å². The molecule has 0 bridgehead atoms. The number of halogens is 2. The Morgan fingerprint density at radius 2 is 1.07 bits per heavy atom. The quantitative estimate of drug-likeness (QED) is 0.0292. The molecule has 0 aliphatic carbocycles. The zero-order chi connectivity index (χ0) is 52.1. The van der Waals surface area contributed by atoms with Crippen LogP contribution in [0.3, 0.4) is 0 Å². The van der Waals surface area contributed by atoms with E-state index in [0.29, 0.717) is 55.5 Å². The van der Waals surface area contributed by atoms with Crippen molar-refractivity contribution in [3.8, 4) is 23.0 Å². The van der Waals surface area contributed by atoms with E-state index in [1.54, 1.807) is 111 Å². The largest absolute Gasteiger partial charge is 2.00 e. The van der Waals surface area contributed by atoms with Gasteiger partial charge in [-0.3, -0.25) is 18.9 Å². The summed E-state index contributed by atoms with van der Waals surface area (Å²) in [6, 6.07) is 34.9. The number of hydrogen-bond acceptors (Lipinski definition) is 15. The molecule has 0 heterocycles. The van der Waals surface area contributed by atoms with Crippen molar-refractivity contribution in [1.82, 2.24) is 0 Å². The fraction of sp³-hybridized carbons (Fsp3) is 0.0800. The minimum Gasteiger partial charge on any atom is -0.871 e. The number of carbonyl (C=O) groups excluding carboxylic acids is 1. The van der Waals surface area contributed by atoms with E-state index in [-0.39, 0.29) is 92.8 Å². The van der Waals surface area contributed by atoms with Crippen LogP contribution < -0.4 is 25.0 Å². The molecule has 0 aromatic heterocycles. The van der Waals surface area contributed by atoms with E-state index in [1.807, 2.05) is 0 Å². The van der Waals surface area contributed by atoms with Gasteiger partial charge in [0.05, 0.1) is 41.2 Å². The number of nitrogens with zero attached hydrogens (tertiary/aromatic N) is 5. The van der Waals surface area contributed by atoms with Crippen LogP contribution in [0.5, 0.6) is 23.0 Å². The first kappa shape index (κ1) is 55.9. The molecule has 0 saturated heterocycles. The summed E-state index contributed by atoms with van der Waals surface area (Å²) in [5, 5.41) is 57.6. The number of ether oxygens (including phenoxy) is 2. The third-order valence-electron chi connectivity index (χ3n) is 10.5.